The summed E-state index contributed by atoms with van der Waals surface area (Å²) in [4.78, 5) is 38.6. The van der Waals surface area contributed by atoms with Crippen molar-refractivity contribution in [2.24, 2.45) is 0 Å². The van der Waals surface area contributed by atoms with Crippen molar-refractivity contribution in [2.45, 2.75) is 0 Å². The van der Waals surface area contributed by atoms with E-state index < -0.39 is 11.8 Å². The van der Waals surface area contributed by atoms with E-state index in [1.165, 1.54) is 25.3 Å². The molecule has 0 aliphatic carbocycles. The maximum Gasteiger partial charge on any atom is 0.266 e. The van der Waals surface area contributed by atoms with E-state index in [1.807, 2.05) is 0 Å². The predicted molar refractivity (Wildman–Crippen MR) is 94.8 cm³/mol. The fraction of sp³-hybridized carbons (Fsp3) is 0.211. The number of carbonyl (C=O) groups is 3. The monoisotopic (exact) mass is 354 g/mol. The van der Waals surface area contributed by atoms with Gasteiger partial charge >= 0.3 is 0 Å². The van der Waals surface area contributed by atoms with Gasteiger partial charge in [0, 0.05) is 25.3 Å². The van der Waals surface area contributed by atoms with E-state index in [2.05, 4.69) is 5.32 Å². The first kappa shape index (κ1) is 17.6. The van der Waals surface area contributed by atoms with Crippen molar-refractivity contribution in [3.8, 4) is 5.75 Å². The third kappa shape index (κ3) is 3.16. The maximum absolute atomic E-state index is 12.8. The smallest absolute Gasteiger partial charge is 0.266 e. The second-order valence-electron chi connectivity index (χ2n) is 5.66. The summed E-state index contributed by atoms with van der Waals surface area (Å²) in [6, 6.07) is 11.2. The molecule has 0 bridgehead atoms. The Morgan fingerprint density at radius 3 is 2.54 bits per heavy atom. The van der Waals surface area contributed by atoms with Gasteiger partial charge in [-0.25, -0.2) is 4.90 Å². The van der Waals surface area contributed by atoms with Gasteiger partial charge in [0.15, 0.2) is 0 Å². The Hall–Kier alpha value is -3.19. The molecule has 0 unspecified atom stereocenters. The van der Waals surface area contributed by atoms with Gasteiger partial charge in [-0.1, -0.05) is 6.07 Å². The minimum absolute atomic E-state index is 0.206. The van der Waals surface area contributed by atoms with Gasteiger partial charge in [0.05, 0.1) is 30.5 Å². The van der Waals surface area contributed by atoms with Crippen molar-refractivity contribution in [1.82, 2.24) is 5.32 Å². The molecular weight excluding hydrogens is 336 g/mol. The van der Waals surface area contributed by atoms with Crippen LogP contribution in [0.25, 0.3) is 0 Å². The Morgan fingerprint density at radius 1 is 1.04 bits per heavy atom. The summed E-state index contributed by atoms with van der Waals surface area (Å²) in [5.74, 6) is -0.684. The van der Waals surface area contributed by atoms with Crippen LogP contribution in [0.4, 0.5) is 5.69 Å². The lowest BCUT2D eigenvalue weighted by atomic mass is 10.1. The van der Waals surface area contributed by atoms with Gasteiger partial charge in [0.1, 0.15) is 5.75 Å². The number of carbonyl (C=O) groups excluding carboxylic acids is 3. The Balaban J connectivity index is 1.89. The summed E-state index contributed by atoms with van der Waals surface area (Å²) in [6.45, 7) is 0.743. The van der Waals surface area contributed by atoms with Crippen molar-refractivity contribution in [3.63, 3.8) is 0 Å². The lowest BCUT2D eigenvalue weighted by Gasteiger charge is -2.14. The van der Waals surface area contributed by atoms with Gasteiger partial charge in [-0.15, -0.1) is 0 Å². The van der Waals surface area contributed by atoms with Crippen molar-refractivity contribution in [2.75, 3.05) is 32.3 Å². The van der Waals surface area contributed by atoms with Crippen LogP contribution in [0.2, 0.25) is 0 Å². The van der Waals surface area contributed by atoms with Crippen LogP contribution in [0.3, 0.4) is 0 Å². The van der Waals surface area contributed by atoms with Crippen LogP contribution < -0.4 is 15.0 Å². The van der Waals surface area contributed by atoms with Crippen LogP contribution in [-0.2, 0) is 4.74 Å². The molecule has 26 heavy (non-hydrogen) atoms. The average Bonchev–Trinajstić information content (AvgIpc) is 2.92. The largest absolute Gasteiger partial charge is 0.497 e. The Kier molecular flexibility index (Phi) is 4.99. The highest BCUT2D eigenvalue weighted by molar-refractivity contribution is 6.34. The minimum atomic E-state index is -0.468. The molecule has 0 spiro atoms. The molecule has 0 saturated heterocycles. The normalized spacial score (nSPS) is 12.9. The number of hydrogen-bond donors (Lipinski definition) is 1. The van der Waals surface area contributed by atoms with E-state index in [0.717, 1.165) is 4.90 Å². The van der Waals surface area contributed by atoms with Gasteiger partial charge < -0.3 is 14.8 Å². The molecule has 0 fully saturated rings. The van der Waals surface area contributed by atoms with Crippen LogP contribution in [-0.4, -0.2) is 45.1 Å². The zero-order valence-corrected chi connectivity index (χ0v) is 14.4. The Morgan fingerprint density at radius 2 is 1.81 bits per heavy atom. The van der Waals surface area contributed by atoms with Crippen molar-refractivity contribution < 1.29 is 23.9 Å². The molecule has 1 aliphatic heterocycles. The number of nitrogens with zero attached hydrogens (tertiary/aromatic N) is 1. The number of rotatable bonds is 6. The third-order valence-electron chi connectivity index (χ3n) is 4.05. The number of fused-ring (bicyclic) bond motifs is 1. The van der Waals surface area contributed by atoms with Gasteiger partial charge in [-0.2, -0.15) is 0 Å². The van der Waals surface area contributed by atoms with Crippen molar-refractivity contribution >= 4 is 23.4 Å². The van der Waals surface area contributed by atoms with Gasteiger partial charge in [0.25, 0.3) is 17.7 Å². The van der Waals surface area contributed by atoms with Crippen LogP contribution in [0, 0.1) is 0 Å². The molecule has 0 radical (unpaired) electrons. The van der Waals surface area contributed by atoms with Gasteiger partial charge in [-0.05, 0) is 30.3 Å². The van der Waals surface area contributed by atoms with Crippen LogP contribution in [0.15, 0.2) is 42.5 Å². The zero-order valence-electron chi connectivity index (χ0n) is 14.4. The topological polar surface area (TPSA) is 84.9 Å². The zero-order chi connectivity index (χ0) is 18.7. The molecule has 3 rings (SSSR count). The molecule has 7 heteroatoms. The molecule has 2 aromatic rings. The highest BCUT2D eigenvalue weighted by Crippen LogP contribution is 2.30. The number of amides is 3. The quantitative estimate of drug-likeness (QED) is 0.632. The molecule has 1 heterocycles. The van der Waals surface area contributed by atoms with E-state index in [-0.39, 0.29) is 17.0 Å². The van der Waals surface area contributed by atoms with E-state index in [0.29, 0.717) is 30.2 Å². The number of hydrogen-bond acceptors (Lipinski definition) is 5. The Bertz CT molecular complexity index is 878. The van der Waals surface area contributed by atoms with E-state index >= 15 is 0 Å². The predicted octanol–water partition coefficient (Wildman–Crippen LogP) is 1.87. The number of nitrogens with one attached hydrogen (secondary N) is 1. The minimum Gasteiger partial charge on any atom is -0.497 e. The maximum atomic E-state index is 12.8. The lowest BCUT2D eigenvalue weighted by molar-refractivity contribution is 0.0921. The van der Waals surface area contributed by atoms with Gasteiger partial charge in [-0.3, -0.25) is 14.4 Å². The Labute approximate surface area is 150 Å². The molecule has 0 atom stereocenters. The van der Waals surface area contributed by atoms with Crippen LogP contribution in [0.1, 0.15) is 31.1 Å². The fourth-order valence-corrected chi connectivity index (χ4v) is 2.73. The summed E-state index contributed by atoms with van der Waals surface area (Å²) in [6.07, 6.45) is 0. The molecular formula is C19H18N2O5. The molecule has 3 amide bonds. The number of benzene rings is 2. The molecule has 7 nitrogen and oxygen atoms in total. The molecule has 2 aromatic carbocycles. The average molecular weight is 354 g/mol. The summed E-state index contributed by atoms with van der Waals surface area (Å²) >= 11 is 0. The molecule has 0 saturated carbocycles. The summed E-state index contributed by atoms with van der Waals surface area (Å²) in [5, 5.41) is 2.68. The number of anilines is 1. The second-order valence-corrected chi connectivity index (χ2v) is 5.66. The molecule has 0 aromatic heterocycles. The van der Waals surface area contributed by atoms with E-state index in [9.17, 15) is 14.4 Å². The lowest BCUT2D eigenvalue weighted by Crippen LogP contribution is -2.29. The number of imide groups is 1. The van der Waals surface area contributed by atoms with Gasteiger partial charge in [0.2, 0.25) is 0 Å². The highest BCUT2D eigenvalue weighted by atomic mass is 16.5. The standard InChI is InChI=1S/C19H18N2O5/c1-25-9-8-20-17(22)12-6-7-15-16(10-12)19(24)21(18(15)23)13-4-3-5-14(11-13)26-2/h3-7,10-11H,8-9H2,1-2H3,(H,20,22). The van der Waals surface area contributed by atoms with E-state index in [4.69, 9.17) is 9.47 Å². The SMILES string of the molecule is COCCNC(=O)c1ccc2c(c1)C(=O)N(c1cccc(OC)c1)C2=O. The first-order chi connectivity index (χ1) is 12.6. The number of methoxy groups -OCH3 is 2. The summed E-state index contributed by atoms with van der Waals surface area (Å²) in [7, 11) is 3.05. The molecule has 1 aliphatic rings. The first-order valence-electron chi connectivity index (χ1n) is 8.01. The van der Waals surface area contributed by atoms with Crippen LogP contribution >= 0.6 is 0 Å². The highest BCUT2D eigenvalue weighted by Gasteiger charge is 2.37. The summed E-state index contributed by atoms with van der Waals surface area (Å²) < 4.78 is 10.0. The van der Waals surface area contributed by atoms with Crippen LogP contribution in [0.5, 0.6) is 5.75 Å². The van der Waals surface area contributed by atoms with Crippen molar-refractivity contribution in [1.29, 1.82) is 0 Å². The fourth-order valence-electron chi connectivity index (χ4n) is 2.73. The summed E-state index contributed by atoms with van der Waals surface area (Å²) in [5.41, 5.74) is 1.21. The molecule has 1 N–H and O–H groups in total. The molecule has 134 valence electrons. The third-order valence-corrected chi connectivity index (χ3v) is 4.05. The second kappa shape index (κ2) is 7.37. The van der Waals surface area contributed by atoms with E-state index in [1.54, 1.807) is 31.4 Å². The number of ether oxygens (including phenoxy) is 2. The first-order valence-corrected chi connectivity index (χ1v) is 8.01. The van der Waals surface area contributed by atoms with Crippen molar-refractivity contribution in [3.05, 3.63) is 59.2 Å².